The summed E-state index contributed by atoms with van der Waals surface area (Å²) in [6.45, 7) is 3.72. The van der Waals surface area contributed by atoms with Gasteiger partial charge in [-0.25, -0.2) is 8.42 Å². The normalized spacial score (nSPS) is 10.9. The summed E-state index contributed by atoms with van der Waals surface area (Å²) in [5.74, 6) is 0.322. The Balaban J connectivity index is 2.26. The van der Waals surface area contributed by atoms with E-state index in [0.29, 0.717) is 23.7 Å². The molecule has 2 aromatic rings. The molecule has 0 spiro atoms. The molecule has 23 heavy (non-hydrogen) atoms. The first kappa shape index (κ1) is 16.8. The van der Waals surface area contributed by atoms with Gasteiger partial charge in [-0.05, 0) is 43.3 Å². The van der Waals surface area contributed by atoms with E-state index in [9.17, 15) is 13.2 Å². The fraction of sp³-hybridized carbons (Fsp3) is 0.188. The third-order valence-electron chi connectivity index (χ3n) is 2.93. The number of nitrogens with one attached hydrogen (secondary N) is 2. The molecule has 0 aliphatic rings. The lowest BCUT2D eigenvalue weighted by Crippen LogP contribution is -2.15. The standard InChI is InChI=1S/C16H18N2O4S/c1-3-22-13-8-10-14(11-9-13)23(20,21)18-16-7-5-4-6-15(16)17-12(2)19/h4-11,18H,3H2,1-2H3,(H,17,19). The highest BCUT2D eigenvalue weighted by Gasteiger charge is 2.16. The van der Waals surface area contributed by atoms with Crippen LogP contribution < -0.4 is 14.8 Å². The zero-order valence-corrected chi connectivity index (χ0v) is 13.7. The van der Waals surface area contributed by atoms with Crippen molar-refractivity contribution in [3.8, 4) is 5.75 Å². The van der Waals surface area contributed by atoms with Gasteiger partial charge < -0.3 is 10.1 Å². The number of ether oxygens (including phenoxy) is 1. The van der Waals surface area contributed by atoms with Crippen LogP contribution in [0.5, 0.6) is 5.75 Å². The van der Waals surface area contributed by atoms with Gasteiger partial charge in [0, 0.05) is 6.92 Å². The quantitative estimate of drug-likeness (QED) is 0.851. The minimum absolute atomic E-state index is 0.110. The smallest absolute Gasteiger partial charge is 0.261 e. The summed E-state index contributed by atoms with van der Waals surface area (Å²) in [6.07, 6.45) is 0. The maximum atomic E-state index is 12.4. The topological polar surface area (TPSA) is 84.5 Å². The highest BCUT2D eigenvalue weighted by molar-refractivity contribution is 7.92. The molecule has 0 radical (unpaired) electrons. The van der Waals surface area contributed by atoms with Gasteiger partial charge in [0.1, 0.15) is 5.75 Å². The molecule has 6 nitrogen and oxygen atoms in total. The van der Waals surface area contributed by atoms with Gasteiger partial charge in [-0.15, -0.1) is 0 Å². The molecule has 0 aliphatic carbocycles. The lowest BCUT2D eigenvalue weighted by Gasteiger charge is -2.13. The van der Waals surface area contributed by atoms with Crippen molar-refractivity contribution in [3.63, 3.8) is 0 Å². The van der Waals surface area contributed by atoms with Crippen molar-refractivity contribution in [2.45, 2.75) is 18.7 Å². The van der Waals surface area contributed by atoms with Crippen molar-refractivity contribution in [2.24, 2.45) is 0 Å². The van der Waals surface area contributed by atoms with E-state index in [2.05, 4.69) is 10.0 Å². The van der Waals surface area contributed by atoms with Crippen LogP contribution in [0.1, 0.15) is 13.8 Å². The van der Waals surface area contributed by atoms with Gasteiger partial charge in [0.15, 0.2) is 0 Å². The molecule has 2 N–H and O–H groups in total. The number of amides is 1. The van der Waals surface area contributed by atoms with Gasteiger partial charge in [0.2, 0.25) is 5.91 Å². The monoisotopic (exact) mass is 334 g/mol. The van der Waals surface area contributed by atoms with Crippen LogP contribution in [0, 0.1) is 0 Å². The minimum Gasteiger partial charge on any atom is -0.494 e. The molecule has 0 atom stereocenters. The van der Waals surface area contributed by atoms with E-state index in [4.69, 9.17) is 4.74 Å². The molecule has 1 amide bonds. The number of hydrogen-bond donors (Lipinski definition) is 2. The Bertz CT molecular complexity index is 786. The van der Waals surface area contributed by atoms with Crippen molar-refractivity contribution in [3.05, 3.63) is 48.5 Å². The molecule has 0 aromatic heterocycles. The van der Waals surface area contributed by atoms with Crippen LogP contribution in [-0.2, 0) is 14.8 Å². The van der Waals surface area contributed by atoms with Crippen molar-refractivity contribution >= 4 is 27.3 Å². The Labute approximate surface area is 135 Å². The summed E-state index contributed by atoms with van der Waals surface area (Å²) in [7, 11) is -3.76. The molecule has 0 saturated carbocycles. The molecule has 0 unspecified atom stereocenters. The predicted molar refractivity (Wildman–Crippen MR) is 89.2 cm³/mol. The van der Waals surface area contributed by atoms with Crippen LogP contribution >= 0.6 is 0 Å². The first-order valence-corrected chi connectivity index (χ1v) is 8.53. The fourth-order valence-electron chi connectivity index (χ4n) is 1.96. The zero-order chi connectivity index (χ0) is 16.9. The van der Waals surface area contributed by atoms with Crippen molar-refractivity contribution in [2.75, 3.05) is 16.6 Å². The predicted octanol–water partition coefficient (Wildman–Crippen LogP) is 2.84. The Morgan fingerprint density at radius 2 is 1.65 bits per heavy atom. The number of carbonyl (C=O) groups excluding carboxylic acids is 1. The van der Waals surface area contributed by atoms with Crippen LogP contribution in [0.25, 0.3) is 0 Å². The summed E-state index contributed by atoms with van der Waals surface area (Å²) in [5.41, 5.74) is 0.700. The van der Waals surface area contributed by atoms with Crippen LogP contribution in [0.4, 0.5) is 11.4 Å². The SMILES string of the molecule is CCOc1ccc(S(=O)(=O)Nc2ccccc2NC(C)=O)cc1. The number of hydrogen-bond acceptors (Lipinski definition) is 4. The van der Waals surface area contributed by atoms with Crippen molar-refractivity contribution < 1.29 is 17.9 Å². The lowest BCUT2D eigenvalue weighted by atomic mass is 10.3. The molecule has 2 rings (SSSR count). The van der Waals surface area contributed by atoms with Gasteiger partial charge in [-0.3, -0.25) is 9.52 Å². The highest BCUT2D eigenvalue weighted by Crippen LogP contribution is 2.25. The number of carbonyl (C=O) groups is 1. The number of benzene rings is 2. The lowest BCUT2D eigenvalue weighted by molar-refractivity contribution is -0.114. The average molecular weight is 334 g/mol. The number of rotatable bonds is 6. The van der Waals surface area contributed by atoms with E-state index in [1.165, 1.54) is 19.1 Å². The second kappa shape index (κ2) is 7.15. The third kappa shape index (κ3) is 4.46. The molecule has 0 fully saturated rings. The van der Waals surface area contributed by atoms with Crippen LogP contribution in [0.15, 0.2) is 53.4 Å². The van der Waals surface area contributed by atoms with Gasteiger partial charge >= 0.3 is 0 Å². The Morgan fingerprint density at radius 3 is 2.22 bits per heavy atom. The molecule has 0 saturated heterocycles. The van der Waals surface area contributed by atoms with E-state index < -0.39 is 10.0 Å². The first-order valence-electron chi connectivity index (χ1n) is 7.04. The maximum Gasteiger partial charge on any atom is 0.261 e. The highest BCUT2D eigenvalue weighted by atomic mass is 32.2. The van der Waals surface area contributed by atoms with E-state index in [-0.39, 0.29) is 10.8 Å². The molecule has 0 aliphatic heterocycles. The summed E-state index contributed by atoms with van der Waals surface area (Å²) >= 11 is 0. The molecule has 0 heterocycles. The maximum absolute atomic E-state index is 12.4. The van der Waals surface area contributed by atoms with Gasteiger partial charge in [0.25, 0.3) is 10.0 Å². The second-order valence-corrected chi connectivity index (χ2v) is 6.42. The van der Waals surface area contributed by atoms with Crippen LogP contribution in [-0.4, -0.2) is 20.9 Å². The number of anilines is 2. The van der Waals surface area contributed by atoms with E-state index in [0.717, 1.165) is 0 Å². The van der Waals surface area contributed by atoms with E-state index >= 15 is 0 Å². The largest absolute Gasteiger partial charge is 0.494 e. The second-order valence-electron chi connectivity index (χ2n) is 4.74. The third-order valence-corrected chi connectivity index (χ3v) is 4.31. The van der Waals surface area contributed by atoms with Gasteiger partial charge in [-0.1, -0.05) is 12.1 Å². The number of para-hydroxylation sites is 2. The van der Waals surface area contributed by atoms with Crippen LogP contribution in [0.2, 0.25) is 0 Å². The molecule has 2 aromatic carbocycles. The zero-order valence-electron chi connectivity index (χ0n) is 12.9. The summed E-state index contributed by atoms with van der Waals surface area (Å²) in [5, 5.41) is 2.59. The Morgan fingerprint density at radius 1 is 1.04 bits per heavy atom. The van der Waals surface area contributed by atoms with Crippen molar-refractivity contribution in [1.29, 1.82) is 0 Å². The summed E-state index contributed by atoms with van der Waals surface area (Å²) in [6, 6.07) is 12.7. The first-order chi connectivity index (χ1) is 10.9. The molecule has 7 heteroatoms. The summed E-state index contributed by atoms with van der Waals surface area (Å²) in [4.78, 5) is 11.3. The van der Waals surface area contributed by atoms with E-state index in [1.54, 1.807) is 36.4 Å². The van der Waals surface area contributed by atoms with Crippen LogP contribution in [0.3, 0.4) is 0 Å². The Kier molecular flexibility index (Phi) is 5.23. The van der Waals surface area contributed by atoms with Gasteiger partial charge in [0.05, 0.1) is 22.9 Å². The molecule has 122 valence electrons. The van der Waals surface area contributed by atoms with Gasteiger partial charge in [-0.2, -0.15) is 0 Å². The minimum atomic E-state index is -3.76. The Hall–Kier alpha value is -2.54. The fourth-order valence-corrected chi connectivity index (χ4v) is 3.04. The average Bonchev–Trinajstić information content (AvgIpc) is 2.49. The molecular weight excluding hydrogens is 316 g/mol. The van der Waals surface area contributed by atoms with Crippen molar-refractivity contribution in [1.82, 2.24) is 0 Å². The summed E-state index contributed by atoms with van der Waals surface area (Å²) < 4.78 is 32.7. The molecular formula is C16H18N2O4S. The number of sulfonamides is 1. The van der Waals surface area contributed by atoms with E-state index in [1.807, 2.05) is 6.92 Å². The molecule has 0 bridgehead atoms.